The molecule has 4 rings (SSSR count). The zero-order chi connectivity index (χ0) is 25.3. The van der Waals surface area contributed by atoms with Crippen LogP contribution in [0.2, 0.25) is 5.02 Å². The van der Waals surface area contributed by atoms with Crippen LogP contribution in [0.5, 0.6) is 11.5 Å². The van der Waals surface area contributed by atoms with Crippen molar-refractivity contribution in [1.82, 2.24) is 5.43 Å². The first-order valence-electron chi connectivity index (χ1n) is 11.2. The Bertz CT molecular complexity index is 1350. The highest BCUT2D eigenvalue weighted by Gasteiger charge is 2.15. The molecule has 0 aliphatic rings. The minimum absolute atomic E-state index is 0.304. The van der Waals surface area contributed by atoms with E-state index in [4.69, 9.17) is 21.1 Å². The summed E-state index contributed by atoms with van der Waals surface area (Å²) in [7, 11) is 0. The second kappa shape index (κ2) is 11.8. The molecule has 36 heavy (non-hydrogen) atoms. The van der Waals surface area contributed by atoms with Crippen molar-refractivity contribution in [3.63, 3.8) is 0 Å². The Morgan fingerprint density at radius 3 is 2.19 bits per heavy atom. The Balaban J connectivity index is 1.33. The molecule has 0 saturated heterocycles. The highest BCUT2D eigenvalue weighted by molar-refractivity contribution is 6.30. The topological polar surface area (TPSA) is 77.0 Å². The molecular weight excluding hydrogens is 476 g/mol. The van der Waals surface area contributed by atoms with Gasteiger partial charge in [0, 0.05) is 10.6 Å². The molecule has 0 aliphatic heterocycles. The Morgan fingerprint density at radius 2 is 1.47 bits per heavy atom. The minimum Gasteiger partial charge on any atom is -0.481 e. The maximum absolute atomic E-state index is 12.5. The summed E-state index contributed by atoms with van der Waals surface area (Å²) in [6.07, 6.45) is 0.631. The number of halogens is 1. The monoisotopic (exact) mass is 498 g/mol. The van der Waals surface area contributed by atoms with Crippen LogP contribution >= 0.6 is 11.6 Å². The van der Waals surface area contributed by atoms with Gasteiger partial charge in [0.1, 0.15) is 11.5 Å². The van der Waals surface area contributed by atoms with Crippen molar-refractivity contribution in [3.8, 4) is 22.6 Å². The number of hydrazone groups is 1. The number of nitrogens with zero attached hydrogens (tertiary/aromatic N) is 1. The van der Waals surface area contributed by atoms with E-state index < -0.39 is 18.0 Å². The molecule has 1 atom stereocenters. The molecule has 0 heterocycles. The maximum Gasteiger partial charge on any atom is 0.343 e. The first kappa shape index (κ1) is 24.7. The van der Waals surface area contributed by atoms with Gasteiger partial charge in [0.2, 0.25) is 0 Å². The molecule has 1 amide bonds. The highest BCUT2D eigenvalue weighted by atomic mass is 35.5. The number of amides is 1. The number of esters is 1. The third-order valence-electron chi connectivity index (χ3n) is 5.22. The van der Waals surface area contributed by atoms with Crippen LogP contribution in [0.25, 0.3) is 11.1 Å². The third-order valence-corrected chi connectivity index (χ3v) is 5.48. The molecular formula is C29H23ClN2O4. The average molecular weight is 499 g/mol. The van der Waals surface area contributed by atoms with Gasteiger partial charge in [-0.2, -0.15) is 5.10 Å². The predicted octanol–water partition coefficient (Wildman–Crippen LogP) is 6.14. The molecule has 0 spiro atoms. The summed E-state index contributed by atoms with van der Waals surface area (Å²) in [4.78, 5) is 24.9. The number of benzene rings is 4. The van der Waals surface area contributed by atoms with Gasteiger partial charge in [-0.05, 0) is 66.6 Å². The number of hydrogen-bond donors (Lipinski definition) is 1. The lowest BCUT2D eigenvalue weighted by Crippen LogP contribution is -2.33. The molecule has 6 nitrogen and oxygen atoms in total. The van der Waals surface area contributed by atoms with Gasteiger partial charge in [0.25, 0.3) is 5.91 Å². The van der Waals surface area contributed by atoms with E-state index in [2.05, 4.69) is 10.5 Å². The number of nitrogens with one attached hydrogen (secondary N) is 1. The highest BCUT2D eigenvalue weighted by Crippen LogP contribution is 2.23. The average Bonchev–Trinajstić information content (AvgIpc) is 2.91. The van der Waals surface area contributed by atoms with E-state index in [1.165, 1.54) is 6.21 Å². The summed E-state index contributed by atoms with van der Waals surface area (Å²) in [5.74, 6) is -0.0788. The lowest BCUT2D eigenvalue weighted by atomic mass is 10.1. The molecule has 1 N–H and O–H groups in total. The van der Waals surface area contributed by atoms with E-state index in [9.17, 15) is 9.59 Å². The Labute approximate surface area is 214 Å². The van der Waals surface area contributed by atoms with Crippen LogP contribution in [0.1, 0.15) is 22.8 Å². The van der Waals surface area contributed by atoms with Gasteiger partial charge in [0.05, 0.1) is 11.8 Å². The summed E-state index contributed by atoms with van der Waals surface area (Å²) in [6, 6.07) is 30.8. The maximum atomic E-state index is 12.5. The fourth-order valence-corrected chi connectivity index (χ4v) is 3.42. The normalized spacial score (nSPS) is 11.6. The molecule has 1 unspecified atom stereocenters. The molecule has 4 aromatic carbocycles. The van der Waals surface area contributed by atoms with Crippen LogP contribution in [0.3, 0.4) is 0 Å². The van der Waals surface area contributed by atoms with Crippen LogP contribution in [0, 0.1) is 0 Å². The summed E-state index contributed by atoms with van der Waals surface area (Å²) < 4.78 is 11.2. The van der Waals surface area contributed by atoms with Crippen molar-refractivity contribution in [3.05, 3.63) is 119 Å². The van der Waals surface area contributed by atoms with Crippen molar-refractivity contribution in [1.29, 1.82) is 0 Å². The second-order valence-corrected chi connectivity index (χ2v) is 8.26. The quantitative estimate of drug-likeness (QED) is 0.137. The molecule has 4 aromatic rings. The van der Waals surface area contributed by atoms with Gasteiger partial charge in [-0.3, -0.25) is 4.79 Å². The van der Waals surface area contributed by atoms with Crippen LogP contribution in [0.4, 0.5) is 0 Å². The number of para-hydroxylation sites is 1. The molecule has 0 aliphatic carbocycles. The minimum atomic E-state index is -0.775. The Hall–Kier alpha value is -4.42. The van der Waals surface area contributed by atoms with Crippen molar-refractivity contribution in [2.24, 2.45) is 5.10 Å². The third kappa shape index (κ3) is 6.58. The zero-order valence-corrected chi connectivity index (χ0v) is 20.2. The van der Waals surface area contributed by atoms with Gasteiger partial charge >= 0.3 is 5.97 Å². The van der Waals surface area contributed by atoms with E-state index >= 15 is 0 Å². The summed E-state index contributed by atoms with van der Waals surface area (Å²) >= 11 is 5.87. The first-order chi connectivity index (χ1) is 17.5. The van der Waals surface area contributed by atoms with Crippen molar-refractivity contribution in [2.45, 2.75) is 13.0 Å². The zero-order valence-electron chi connectivity index (χ0n) is 19.4. The van der Waals surface area contributed by atoms with Crippen LogP contribution in [0.15, 0.2) is 108 Å². The summed E-state index contributed by atoms with van der Waals surface area (Å²) in [6.45, 7) is 1.64. The lowest BCUT2D eigenvalue weighted by molar-refractivity contribution is -0.127. The predicted molar refractivity (Wildman–Crippen MR) is 141 cm³/mol. The molecule has 180 valence electrons. The first-order valence-corrected chi connectivity index (χ1v) is 11.6. The SMILES string of the molecule is CC(Oc1ccc(-c2ccccc2)cc1)C(=O)N/N=C/c1ccccc1OC(=O)c1ccc(Cl)cc1. The lowest BCUT2D eigenvalue weighted by Gasteiger charge is -2.13. The van der Waals surface area contributed by atoms with Crippen LogP contribution in [-0.2, 0) is 4.79 Å². The van der Waals surface area contributed by atoms with Gasteiger partial charge in [0.15, 0.2) is 6.10 Å². The van der Waals surface area contributed by atoms with E-state index in [1.807, 2.05) is 54.6 Å². The number of hydrogen-bond acceptors (Lipinski definition) is 5. The molecule has 0 saturated carbocycles. The smallest absolute Gasteiger partial charge is 0.343 e. The van der Waals surface area contributed by atoms with Crippen LogP contribution < -0.4 is 14.9 Å². The molecule has 0 radical (unpaired) electrons. The van der Waals surface area contributed by atoms with E-state index in [0.717, 1.165) is 11.1 Å². The largest absolute Gasteiger partial charge is 0.481 e. The summed E-state index contributed by atoms with van der Waals surface area (Å²) in [5.41, 5.74) is 5.49. The van der Waals surface area contributed by atoms with Gasteiger partial charge in [-0.1, -0.05) is 66.2 Å². The van der Waals surface area contributed by atoms with Gasteiger partial charge in [-0.15, -0.1) is 0 Å². The standard InChI is InChI=1S/C29H23ClN2O4/c1-20(35-26-17-13-22(14-18-26)21-7-3-2-4-8-21)28(33)32-31-19-24-9-5-6-10-27(24)36-29(34)23-11-15-25(30)16-12-23/h2-20H,1H3,(H,32,33)/b31-19+. The molecule has 0 fully saturated rings. The van der Waals surface area contributed by atoms with E-state index in [1.54, 1.807) is 55.5 Å². The summed E-state index contributed by atoms with van der Waals surface area (Å²) in [5, 5.41) is 4.52. The molecule has 0 aromatic heterocycles. The number of carbonyl (C=O) groups excluding carboxylic acids is 2. The Kier molecular flexibility index (Phi) is 8.11. The van der Waals surface area contributed by atoms with Crippen LogP contribution in [-0.4, -0.2) is 24.2 Å². The Morgan fingerprint density at radius 1 is 0.833 bits per heavy atom. The van der Waals surface area contributed by atoms with E-state index in [0.29, 0.717) is 27.6 Å². The number of carbonyl (C=O) groups is 2. The van der Waals surface area contributed by atoms with Gasteiger partial charge < -0.3 is 9.47 Å². The number of rotatable bonds is 8. The second-order valence-electron chi connectivity index (χ2n) is 7.82. The van der Waals surface area contributed by atoms with Gasteiger partial charge in [-0.25, -0.2) is 10.2 Å². The van der Waals surface area contributed by atoms with Crippen molar-refractivity contribution in [2.75, 3.05) is 0 Å². The molecule has 7 heteroatoms. The fraction of sp³-hybridized carbons (Fsp3) is 0.0690. The molecule has 0 bridgehead atoms. The van der Waals surface area contributed by atoms with E-state index in [-0.39, 0.29) is 0 Å². The number of ether oxygens (including phenoxy) is 2. The van der Waals surface area contributed by atoms with Crippen molar-refractivity contribution < 1.29 is 19.1 Å². The fourth-order valence-electron chi connectivity index (χ4n) is 3.30. The van der Waals surface area contributed by atoms with Crippen molar-refractivity contribution >= 4 is 29.7 Å².